The molecule has 1 heterocycles. The molecule has 0 spiro atoms. The first-order chi connectivity index (χ1) is 9.20. The molecule has 0 bridgehead atoms. The molecule has 2 N–H and O–H groups in total. The zero-order valence-electron chi connectivity index (χ0n) is 11.6. The highest BCUT2D eigenvalue weighted by atomic mass is 16.5. The molecule has 1 aromatic carbocycles. The van der Waals surface area contributed by atoms with Crippen molar-refractivity contribution >= 4 is 5.78 Å². The molecule has 1 aliphatic rings. The quantitative estimate of drug-likeness (QED) is 0.856. The van der Waals surface area contributed by atoms with Gasteiger partial charge in [0.05, 0.1) is 12.7 Å². The van der Waals surface area contributed by atoms with Gasteiger partial charge in [-0.05, 0) is 24.0 Å². The molecule has 3 nitrogen and oxygen atoms in total. The summed E-state index contributed by atoms with van der Waals surface area (Å²) in [5, 5.41) is 0. The molecule has 1 aliphatic heterocycles. The Kier molecular flexibility index (Phi) is 5.11. The fraction of sp³-hybridized carbons (Fsp3) is 0.562. The van der Waals surface area contributed by atoms with E-state index in [1.54, 1.807) is 0 Å². The summed E-state index contributed by atoms with van der Waals surface area (Å²) in [6.07, 6.45) is 3.72. The molecule has 0 aromatic heterocycles. The molecule has 19 heavy (non-hydrogen) atoms. The van der Waals surface area contributed by atoms with E-state index in [1.807, 2.05) is 12.1 Å². The molecule has 0 amide bonds. The van der Waals surface area contributed by atoms with Gasteiger partial charge in [-0.15, -0.1) is 0 Å². The predicted molar refractivity (Wildman–Crippen MR) is 76.0 cm³/mol. The average molecular weight is 261 g/mol. The topological polar surface area (TPSA) is 52.3 Å². The predicted octanol–water partition coefficient (Wildman–Crippen LogP) is 2.78. The summed E-state index contributed by atoms with van der Waals surface area (Å²) in [5.41, 5.74) is 8.41. The van der Waals surface area contributed by atoms with Crippen molar-refractivity contribution in [2.75, 3.05) is 6.61 Å². The molecule has 0 fully saturated rings. The Balaban J connectivity index is 1.95. The fourth-order valence-corrected chi connectivity index (χ4v) is 2.70. The maximum atomic E-state index is 12.0. The van der Waals surface area contributed by atoms with Gasteiger partial charge in [-0.2, -0.15) is 0 Å². The van der Waals surface area contributed by atoms with Crippen molar-refractivity contribution in [1.29, 1.82) is 0 Å². The van der Waals surface area contributed by atoms with E-state index in [-0.39, 0.29) is 17.9 Å². The van der Waals surface area contributed by atoms with Gasteiger partial charge in [0, 0.05) is 18.9 Å². The monoisotopic (exact) mass is 261 g/mol. The fourth-order valence-electron chi connectivity index (χ4n) is 2.70. The van der Waals surface area contributed by atoms with E-state index in [9.17, 15) is 4.79 Å². The molecule has 2 atom stereocenters. The van der Waals surface area contributed by atoms with Crippen LogP contribution in [0.25, 0.3) is 0 Å². The van der Waals surface area contributed by atoms with Crippen LogP contribution in [0.4, 0.5) is 0 Å². The number of hydrogen-bond donors (Lipinski definition) is 1. The van der Waals surface area contributed by atoms with Gasteiger partial charge < -0.3 is 10.5 Å². The second kappa shape index (κ2) is 6.83. The lowest BCUT2D eigenvalue weighted by Gasteiger charge is -2.25. The first kappa shape index (κ1) is 14.2. The summed E-state index contributed by atoms with van der Waals surface area (Å²) in [5.74, 6) is 0.211. The minimum Gasteiger partial charge on any atom is -0.373 e. The van der Waals surface area contributed by atoms with Gasteiger partial charge in [0.25, 0.3) is 0 Å². The highest BCUT2D eigenvalue weighted by molar-refractivity contribution is 5.79. The molecular formula is C16H23NO2. The zero-order chi connectivity index (χ0) is 13.7. The van der Waals surface area contributed by atoms with E-state index >= 15 is 0 Å². The maximum Gasteiger partial charge on any atom is 0.137 e. The molecule has 0 aliphatic carbocycles. The van der Waals surface area contributed by atoms with Crippen molar-refractivity contribution in [3.63, 3.8) is 0 Å². The normalized spacial score (nSPS) is 19.8. The average Bonchev–Trinajstić information content (AvgIpc) is 2.39. The lowest BCUT2D eigenvalue weighted by Crippen LogP contribution is -2.26. The summed E-state index contributed by atoms with van der Waals surface area (Å²) in [6.45, 7) is 2.79. The second-order valence-corrected chi connectivity index (χ2v) is 5.30. The standard InChI is InChI=1S/C16H23NO2/c1-2-5-13(17)10-14(18)11-16-15-7-4-3-6-12(15)8-9-19-16/h3-4,6-7,13,16H,2,5,8-11,17H2,1H3. The third kappa shape index (κ3) is 3.88. The third-order valence-electron chi connectivity index (χ3n) is 3.65. The number of rotatable bonds is 6. The van der Waals surface area contributed by atoms with Gasteiger partial charge in [0.1, 0.15) is 5.78 Å². The second-order valence-electron chi connectivity index (χ2n) is 5.30. The van der Waals surface area contributed by atoms with Crippen LogP contribution in [0.1, 0.15) is 49.8 Å². The van der Waals surface area contributed by atoms with Crippen LogP contribution in [0.3, 0.4) is 0 Å². The van der Waals surface area contributed by atoms with Crippen molar-refractivity contribution < 1.29 is 9.53 Å². The van der Waals surface area contributed by atoms with E-state index in [1.165, 1.54) is 11.1 Å². The van der Waals surface area contributed by atoms with Crippen LogP contribution < -0.4 is 5.73 Å². The molecule has 3 heteroatoms. The summed E-state index contributed by atoms with van der Waals surface area (Å²) < 4.78 is 5.75. The Morgan fingerprint density at radius 2 is 2.26 bits per heavy atom. The Hall–Kier alpha value is -1.19. The van der Waals surface area contributed by atoms with Crippen LogP contribution in [-0.4, -0.2) is 18.4 Å². The van der Waals surface area contributed by atoms with Gasteiger partial charge in [0.15, 0.2) is 0 Å². The van der Waals surface area contributed by atoms with Crippen molar-refractivity contribution in [2.24, 2.45) is 5.73 Å². The Morgan fingerprint density at radius 1 is 1.47 bits per heavy atom. The SMILES string of the molecule is CCCC(N)CC(=O)CC1OCCc2ccccc21. The number of nitrogens with two attached hydrogens (primary N) is 1. The lowest BCUT2D eigenvalue weighted by molar-refractivity contribution is -0.122. The van der Waals surface area contributed by atoms with E-state index in [0.717, 1.165) is 19.3 Å². The van der Waals surface area contributed by atoms with E-state index < -0.39 is 0 Å². The molecule has 0 radical (unpaired) electrons. The van der Waals surface area contributed by atoms with Crippen molar-refractivity contribution in [2.45, 2.75) is 51.2 Å². The van der Waals surface area contributed by atoms with E-state index in [4.69, 9.17) is 10.5 Å². The minimum atomic E-state index is -0.0775. The number of ether oxygens (including phenoxy) is 1. The Morgan fingerprint density at radius 3 is 3.05 bits per heavy atom. The van der Waals surface area contributed by atoms with Crippen LogP contribution in [-0.2, 0) is 16.0 Å². The highest BCUT2D eigenvalue weighted by Crippen LogP contribution is 2.30. The maximum absolute atomic E-state index is 12.0. The van der Waals surface area contributed by atoms with Crippen LogP contribution >= 0.6 is 0 Å². The van der Waals surface area contributed by atoms with Gasteiger partial charge in [-0.3, -0.25) is 4.79 Å². The van der Waals surface area contributed by atoms with Crippen LogP contribution in [0.2, 0.25) is 0 Å². The number of benzene rings is 1. The number of hydrogen-bond acceptors (Lipinski definition) is 3. The first-order valence-corrected chi connectivity index (χ1v) is 7.17. The zero-order valence-corrected chi connectivity index (χ0v) is 11.6. The molecule has 0 saturated carbocycles. The lowest BCUT2D eigenvalue weighted by atomic mass is 9.93. The van der Waals surface area contributed by atoms with Gasteiger partial charge >= 0.3 is 0 Å². The number of Topliss-reactive ketones (excluding diaryl/α,β-unsaturated/α-hetero) is 1. The Bertz CT molecular complexity index is 431. The van der Waals surface area contributed by atoms with E-state index in [0.29, 0.717) is 19.4 Å². The summed E-state index contributed by atoms with van der Waals surface area (Å²) in [6, 6.07) is 8.24. The van der Waals surface area contributed by atoms with Crippen LogP contribution in [0, 0.1) is 0 Å². The largest absolute Gasteiger partial charge is 0.373 e. The van der Waals surface area contributed by atoms with Crippen molar-refractivity contribution in [3.8, 4) is 0 Å². The van der Waals surface area contributed by atoms with Gasteiger partial charge in [-0.1, -0.05) is 37.6 Å². The van der Waals surface area contributed by atoms with Gasteiger partial charge in [0.2, 0.25) is 0 Å². The smallest absolute Gasteiger partial charge is 0.137 e. The summed E-state index contributed by atoms with van der Waals surface area (Å²) in [4.78, 5) is 12.0. The third-order valence-corrected chi connectivity index (χ3v) is 3.65. The molecule has 0 saturated heterocycles. The number of fused-ring (bicyclic) bond motifs is 1. The van der Waals surface area contributed by atoms with Gasteiger partial charge in [-0.25, -0.2) is 0 Å². The molecule has 2 unspecified atom stereocenters. The van der Waals surface area contributed by atoms with Crippen LogP contribution in [0.5, 0.6) is 0 Å². The van der Waals surface area contributed by atoms with Crippen molar-refractivity contribution in [3.05, 3.63) is 35.4 Å². The molecule has 104 valence electrons. The summed E-state index contributed by atoms with van der Waals surface area (Å²) in [7, 11) is 0. The highest BCUT2D eigenvalue weighted by Gasteiger charge is 2.23. The number of carbonyl (C=O) groups excluding carboxylic acids is 1. The molecule has 2 rings (SSSR count). The number of ketones is 1. The van der Waals surface area contributed by atoms with Crippen LogP contribution in [0.15, 0.2) is 24.3 Å². The summed E-state index contributed by atoms with van der Waals surface area (Å²) >= 11 is 0. The molecular weight excluding hydrogens is 238 g/mol. The molecule has 1 aromatic rings. The minimum absolute atomic E-state index is 0.00339. The first-order valence-electron chi connectivity index (χ1n) is 7.17. The number of carbonyl (C=O) groups is 1. The Labute approximate surface area is 115 Å². The van der Waals surface area contributed by atoms with E-state index in [2.05, 4.69) is 19.1 Å². The van der Waals surface area contributed by atoms with Crippen molar-refractivity contribution in [1.82, 2.24) is 0 Å².